The van der Waals surface area contributed by atoms with Crippen LogP contribution in [0.3, 0.4) is 0 Å². The van der Waals surface area contributed by atoms with Gasteiger partial charge >= 0.3 is 0 Å². The number of thiazole rings is 1. The minimum atomic E-state index is -0.0498. The summed E-state index contributed by atoms with van der Waals surface area (Å²) in [4.78, 5) is 9.92. The molecule has 0 amide bonds. The van der Waals surface area contributed by atoms with Crippen LogP contribution in [0.1, 0.15) is 24.1 Å². The Hall–Kier alpha value is -1.63. The van der Waals surface area contributed by atoms with Crippen molar-refractivity contribution in [2.45, 2.75) is 18.3 Å². The number of likely N-dealkylation sites (N-methyl/N-ethyl adjacent to an activating group) is 1. The number of benzene rings is 1. The largest absolute Gasteiger partial charge is 0.497 e. The molecule has 5 nitrogen and oxygen atoms in total. The summed E-state index contributed by atoms with van der Waals surface area (Å²) in [6.45, 7) is 5.89. The normalized spacial score (nSPS) is 20.9. The first-order chi connectivity index (χ1) is 12.7. The number of aromatic nitrogens is 1. The van der Waals surface area contributed by atoms with Crippen molar-refractivity contribution in [2.24, 2.45) is 0 Å². The summed E-state index contributed by atoms with van der Waals surface area (Å²) in [5.74, 6) is 0.896. The molecule has 3 heterocycles. The van der Waals surface area contributed by atoms with Gasteiger partial charge in [0.2, 0.25) is 0 Å². The third-order valence-corrected chi connectivity index (χ3v) is 6.65. The third-order valence-electron chi connectivity index (χ3n) is 5.75. The first kappa shape index (κ1) is 17.8. The Morgan fingerprint density at radius 1 is 1.08 bits per heavy atom. The van der Waals surface area contributed by atoms with Crippen LogP contribution in [-0.2, 0) is 10.2 Å². The van der Waals surface area contributed by atoms with Crippen LogP contribution >= 0.6 is 11.3 Å². The summed E-state index contributed by atoms with van der Waals surface area (Å²) in [6.07, 6.45) is 1.95. The molecule has 0 N–H and O–H groups in total. The Bertz CT molecular complexity index is 717. The van der Waals surface area contributed by atoms with E-state index in [1.807, 2.05) is 0 Å². The van der Waals surface area contributed by atoms with Crippen molar-refractivity contribution in [1.82, 2.24) is 9.88 Å². The second-order valence-corrected chi connectivity index (χ2v) is 8.07. The van der Waals surface area contributed by atoms with Gasteiger partial charge in [-0.1, -0.05) is 12.1 Å². The minimum Gasteiger partial charge on any atom is -0.497 e. The van der Waals surface area contributed by atoms with Crippen LogP contribution in [0.25, 0.3) is 0 Å². The Kier molecular flexibility index (Phi) is 5.16. The lowest BCUT2D eigenvalue weighted by molar-refractivity contribution is 0.0620. The Morgan fingerprint density at radius 2 is 1.77 bits per heavy atom. The van der Waals surface area contributed by atoms with Crippen molar-refractivity contribution in [3.05, 3.63) is 40.9 Å². The summed E-state index contributed by atoms with van der Waals surface area (Å²) < 4.78 is 11.0. The lowest BCUT2D eigenvalue weighted by Crippen LogP contribution is -2.44. The smallest absolute Gasteiger partial charge is 0.185 e. The summed E-state index contributed by atoms with van der Waals surface area (Å²) >= 11 is 1.78. The van der Waals surface area contributed by atoms with Crippen LogP contribution in [0, 0.1) is 0 Å². The number of nitrogens with zero attached hydrogens (tertiary/aromatic N) is 3. The number of hydrogen-bond acceptors (Lipinski definition) is 6. The molecule has 0 radical (unpaired) electrons. The Balaban J connectivity index is 1.64. The van der Waals surface area contributed by atoms with Gasteiger partial charge in [-0.15, -0.1) is 11.3 Å². The minimum absolute atomic E-state index is 0.0498. The molecule has 26 heavy (non-hydrogen) atoms. The van der Waals surface area contributed by atoms with Crippen molar-refractivity contribution in [3.63, 3.8) is 0 Å². The van der Waals surface area contributed by atoms with Gasteiger partial charge in [0.25, 0.3) is 0 Å². The zero-order valence-corrected chi connectivity index (χ0v) is 16.4. The number of hydrogen-bond donors (Lipinski definition) is 0. The molecule has 4 rings (SSSR count). The molecule has 6 heteroatoms. The summed E-state index contributed by atoms with van der Waals surface area (Å²) in [5, 5.41) is 3.43. The predicted octanol–water partition coefficient (Wildman–Crippen LogP) is 3.00. The van der Waals surface area contributed by atoms with Gasteiger partial charge < -0.3 is 19.3 Å². The van der Waals surface area contributed by atoms with Crippen molar-refractivity contribution in [1.29, 1.82) is 0 Å². The summed E-state index contributed by atoms with van der Waals surface area (Å²) in [5.41, 5.74) is 2.47. The van der Waals surface area contributed by atoms with E-state index in [9.17, 15) is 0 Å². The van der Waals surface area contributed by atoms with Crippen molar-refractivity contribution in [2.75, 3.05) is 58.5 Å². The lowest BCUT2D eigenvalue weighted by atomic mass is 9.72. The molecule has 0 atom stereocenters. The molecule has 2 fully saturated rings. The van der Waals surface area contributed by atoms with Gasteiger partial charge in [-0.05, 0) is 37.6 Å². The van der Waals surface area contributed by atoms with Crippen LogP contribution in [-0.4, -0.2) is 63.4 Å². The molecule has 1 aromatic carbocycles. The van der Waals surface area contributed by atoms with Gasteiger partial charge in [0.05, 0.1) is 12.8 Å². The van der Waals surface area contributed by atoms with E-state index in [1.54, 1.807) is 18.4 Å². The van der Waals surface area contributed by atoms with E-state index in [0.717, 1.165) is 63.1 Å². The molecule has 140 valence electrons. The molecule has 2 aliphatic rings. The first-order valence-electron chi connectivity index (χ1n) is 9.33. The van der Waals surface area contributed by atoms with E-state index < -0.39 is 0 Å². The summed E-state index contributed by atoms with van der Waals surface area (Å²) in [7, 11) is 3.90. The maximum Gasteiger partial charge on any atom is 0.185 e. The van der Waals surface area contributed by atoms with Crippen LogP contribution in [0.5, 0.6) is 5.75 Å². The molecule has 0 saturated carbocycles. The van der Waals surface area contributed by atoms with Crippen molar-refractivity contribution in [3.8, 4) is 5.75 Å². The average Bonchev–Trinajstić information content (AvgIpc) is 3.20. The number of ether oxygens (including phenoxy) is 2. The molecule has 2 saturated heterocycles. The molecule has 0 spiro atoms. The van der Waals surface area contributed by atoms with E-state index in [4.69, 9.17) is 14.5 Å². The number of rotatable bonds is 4. The van der Waals surface area contributed by atoms with Crippen molar-refractivity contribution < 1.29 is 9.47 Å². The molecule has 2 aliphatic heterocycles. The molecule has 1 aromatic heterocycles. The molecule has 0 unspecified atom stereocenters. The first-order valence-corrected chi connectivity index (χ1v) is 10.2. The van der Waals surface area contributed by atoms with Crippen LogP contribution in [0.15, 0.2) is 29.6 Å². The van der Waals surface area contributed by atoms with E-state index in [0.29, 0.717) is 0 Å². The monoisotopic (exact) mass is 373 g/mol. The number of anilines is 1. The molecule has 0 bridgehead atoms. The number of piperazine rings is 1. The second kappa shape index (κ2) is 7.55. The standard InChI is InChI=1S/C20H27N3O2S/c1-22-9-11-23(12-10-22)19-21-18(15-26-19)20(7-13-25-14-8-20)16-3-5-17(24-2)6-4-16/h3-6,15H,7-14H2,1-2H3. The van der Waals surface area contributed by atoms with Crippen molar-refractivity contribution >= 4 is 16.5 Å². The predicted molar refractivity (Wildman–Crippen MR) is 106 cm³/mol. The SMILES string of the molecule is COc1ccc(C2(c3csc(N4CCN(C)CC4)n3)CCOCC2)cc1. The number of methoxy groups -OCH3 is 1. The fourth-order valence-electron chi connectivity index (χ4n) is 3.95. The highest BCUT2D eigenvalue weighted by atomic mass is 32.1. The molecule has 2 aromatic rings. The van der Waals surface area contributed by atoms with Gasteiger partial charge in [0.15, 0.2) is 5.13 Å². The zero-order valence-electron chi connectivity index (χ0n) is 15.6. The van der Waals surface area contributed by atoms with E-state index >= 15 is 0 Å². The van der Waals surface area contributed by atoms with Crippen LogP contribution < -0.4 is 9.64 Å². The quantitative estimate of drug-likeness (QED) is 0.824. The highest BCUT2D eigenvalue weighted by molar-refractivity contribution is 7.13. The summed E-state index contributed by atoms with van der Waals surface area (Å²) in [6, 6.07) is 8.50. The van der Waals surface area contributed by atoms with E-state index in [2.05, 4.69) is 46.5 Å². The molecular weight excluding hydrogens is 346 g/mol. The van der Waals surface area contributed by atoms with Gasteiger partial charge in [-0.25, -0.2) is 4.98 Å². The van der Waals surface area contributed by atoms with Gasteiger partial charge in [-0.2, -0.15) is 0 Å². The lowest BCUT2D eigenvalue weighted by Gasteiger charge is -2.37. The highest BCUT2D eigenvalue weighted by Crippen LogP contribution is 2.43. The topological polar surface area (TPSA) is 37.8 Å². The maximum atomic E-state index is 5.68. The second-order valence-electron chi connectivity index (χ2n) is 7.23. The highest BCUT2D eigenvalue weighted by Gasteiger charge is 2.38. The Morgan fingerprint density at radius 3 is 2.42 bits per heavy atom. The van der Waals surface area contributed by atoms with Gasteiger partial charge in [0.1, 0.15) is 5.75 Å². The van der Waals surface area contributed by atoms with Crippen LogP contribution in [0.2, 0.25) is 0 Å². The molecular formula is C20H27N3O2S. The van der Waals surface area contributed by atoms with E-state index in [1.165, 1.54) is 11.3 Å². The van der Waals surface area contributed by atoms with E-state index in [-0.39, 0.29) is 5.41 Å². The fourth-order valence-corrected chi connectivity index (χ4v) is 4.93. The van der Waals surface area contributed by atoms with Gasteiger partial charge in [-0.3, -0.25) is 0 Å². The van der Waals surface area contributed by atoms with Gasteiger partial charge in [0, 0.05) is 50.2 Å². The zero-order chi connectivity index (χ0) is 18.0. The maximum absolute atomic E-state index is 5.68. The third kappa shape index (κ3) is 3.33. The van der Waals surface area contributed by atoms with Crippen LogP contribution in [0.4, 0.5) is 5.13 Å². The molecule has 0 aliphatic carbocycles. The fraction of sp³-hybridized carbons (Fsp3) is 0.550. The average molecular weight is 374 g/mol. The Labute approximate surface area is 159 Å².